The standard InChI is InChI=1S/C7H16ClNSi/c1-4-7(2)5-6-10(8)9-3/h5-7,9-10H,4H2,1-3H3. The molecule has 10 heavy (non-hydrogen) atoms. The Morgan fingerprint density at radius 3 is 2.70 bits per heavy atom. The summed E-state index contributed by atoms with van der Waals surface area (Å²) < 4.78 is 0. The molecule has 3 heteroatoms. The third-order valence-electron chi connectivity index (χ3n) is 1.53. The first-order chi connectivity index (χ1) is 4.70. The second-order valence-electron chi connectivity index (χ2n) is 2.46. The zero-order chi connectivity index (χ0) is 7.98. The summed E-state index contributed by atoms with van der Waals surface area (Å²) in [6, 6.07) is 0. The number of hydrogen-bond acceptors (Lipinski definition) is 1. The molecule has 0 saturated carbocycles. The minimum Gasteiger partial charge on any atom is -0.328 e. The van der Waals surface area contributed by atoms with E-state index in [2.05, 4.69) is 30.6 Å². The Labute approximate surface area is 69.9 Å². The largest absolute Gasteiger partial charge is 0.328 e. The van der Waals surface area contributed by atoms with Gasteiger partial charge in [0.25, 0.3) is 0 Å². The van der Waals surface area contributed by atoms with Crippen LogP contribution in [0, 0.1) is 5.92 Å². The number of halogens is 1. The first-order valence-corrected chi connectivity index (χ1v) is 6.69. The average molecular weight is 178 g/mol. The van der Waals surface area contributed by atoms with E-state index in [9.17, 15) is 0 Å². The zero-order valence-electron chi connectivity index (χ0n) is 6.89. The summed E-state index contributed by atoms with van der Waals surface area (Å²) in [7, 11) is 0.698. The Kier molecular flexibility index (Phi) is 6.08. The molecule has 0 heterocycles. The van der Waals surface area contributed by atoms with E-state index in [1.54, 1.807) is 0 Å². The number of nitrogens with one attached hydrogen (secondary N) is 1. The van der Waals surface area contributed by atoms with Gasteiger partial charge in [-0.2, -0.15) is 0 Å². The van der Waals surface area contributed by atoms with E-state index in [0.29, 0.717) is 5.92 Å². The van der Waals surface area contributed by atoms with Gasteiger partial charge in [0, 0.05) is 0 Å². The number of rotatable bonds is 4. The molecule has 0 fully saturated rings. The Morgan fingerprint density at radius 1 is 1.70 bits per heavy atom. The monoisotopic (exact) mass is 177 g/mol. The van der Waals surface area contributed by atoms with Crippen molar-refractivity contribution >= 4 is 19.3 Å². The van der Waals surface area contributed by atoms with Crippen LogP contribution in [0.5, 0.6) is 0 Å². The molecule has 0 amide bonds. The third kappa shape index (κ3) is 5.03. The quantitative estimate of drug-likeness (QED) is 0.510. The van der Waals surface area contributed by atoms with E-state index in [0.717, 1.165) is 0 Å². The van der Waals surface area contributed by atoms with E-state index in [4.69, 9.17) is 11.1 Å². The normalized spacial score (nSPS) is 17.6. The minimum absolute atomic E-state index is 0.669. The van der Waals surface area contributed by atoms with Gasteiger partial charge in [0.05, 0.1) is 0 Å². The second kappa shape index (κ2) is 5.95. The molecule has 2 atom stereocenters. The lowest BCUT2D eigenvalue weighted by atomic mass is 10.1. The van der Waals surface area contributed by atoms with E-state index in [1.165, 1.54) is 6.42 Å². The molecule has 0 aromatic heterocycles. The molecule has 0 aromatic carbocycles. The molecular formula is C7H16ClNSi. The van der Waals surface area contributed by atoms with Crippen molar-refractivity contribution in [3.63, 3.8) is 0 Å². The lowest BCUT2D eigenvalue weighted by Crippen LogP contribution is -2.21. The summed E-state index contributed by atoms with van der Waals surface area (Å²) in [4.78, 5) is 3.06. The predicted molar refractivity (Wildman–Crippen MR) is 50.7 cm³/mol. The minimum atomic E-state index is -1.21. The van der Waals surface area contributed by atoms with Crippen molar-refractivity contribution in [1.29, 1.82) is 0 Å². The molecule has 0 aliphatic carbocycles. The van der Waals surface area contributed by atoms with Gasteiger partial charge in [-0.15, -0.1) is 11.1 Å². The van der Waals surface area contributed by atoms with Gasteiger partial charge in [-0.3, -0.25) is 0 Å². The van der Waals surface area contributed by atoms with Gasteiger partial charge in [-0.1, -0.05) is 32.0 Å². The molecule has 0 aromatic rings. The highest BCUT2D eigenvalue weighted by Crippen LogP contribution is 2.02. The van der Waals surface area contributed by atoms with Crippen molar-refractivity contribution < 1.29 is 0 Å². The Hall–Kier alpha value is 0.207. The molecular weight excluding hydrogens is 162 g/mol. The summed E-state index contributed by atoms with van der Waals surface area (Å²) in [5.41, 5.74) is 2.12. The van der Waals surface area contributed by atoms with Crippen molar-refractivity contribution in [2.24, 2.45) is 5.92 Å². The van der Waals surface area contributed by atoms with Crippen molar-refractivity contribution in [2.45, 2.75) is 20.3 Å². The van der Waals surface area contributed by atoms with Gasteiger partial charge in [0.2, 0.25) is 8.27 Å². The van der Waals surface area contributed by atoms with E-state index >= 15 is 0 Å². The van der Waals surface area contributed by atoms with Gasteiger partial charge in [-0.25, -0.2) is 0 Å². The van der Waals surface area contributed by atoms with Crippen molar-refractivity contribution in [2.75, 3.05) is 7.05 Å². The van der Waals surface area contributed by atoms with Crippen LogP contribution in [0.1, 0.15) is 20.3 Å². The summed E-state index contributed by atoms with van der Waals surface area (Å²) in [5, 5.41) is 0. The first-order valence-electron chi connectivity index (χ1n) is 3.70. The van der Waals surface area contributed by atoms with Crippen molar-refractivity contribution in [3.8, 4) is 0 Å². The van der Waals surface area contributed by atoms with E-state index in [-0.39, 0.29) is 0 Å². The molecule has 0 spiro atoms. The maximum atomic E-state index is 5.91. The fourth-order valence-electron chi connectivity index (χ4n) is 0.520. The molecule has 0 radical (unpaired) electrons. The molecule has 0 bridgehead atoms. The molecule has 0 aliphatic heterocycles. The van der Waals surface area contributed by atoms with Gasteiger partial charge >= 0.3 is 0 Å². The molecule has 0 saturated heterocycles. The smallest absolute Gasteiger partial charge is 0.234 e. The molecule has 1 nitrogen and oxygen atoms in total. The predicted octanol–water partition coefficient (Wildman–Crippen LogP) is 1.81. The summed E-state index contributed by atoms with van der Waals surface area (Å²) >= 11 is 5.91. The second-order valence-corrected chi connectivity index (χ2v) is 5.64. The van der Waals surface area contributed by atoms with Crippen LogP contribution in [0.2, 0.25) is 0 Å². The fourth-order valence-corrected chi connectivity index (χ4v) is 1.54. The molecule has 2 unspecified atom stereocenters. The summed E-state index contributed by atoms with van der Waals surface area (Å²) in [5.74, 6) is 0.669. The van der Waals surface area contributed by atoms with Crippen LogP contribution in [-0.4, -0.2) is 15.3 Å². The van der Waals surface area contributed by atoms with Gasteiger partial charge in [-0.05, 0) is 13.0 Å². The highest BCUT2D eigenvalue weighted by atomic mass is 35.6. The lowest BCUT2D eigenvalue weighted by molar-refractivity contribution is 0.699. The maximum absolute atomic E-state index is 5.91. The van der Waals surface area contributed by atoms with Crippen LogP contribution in [0.4, 0.5) is 0 Å². The third-order valence-corrected chi connectivity index (χ3v) is 3.73. The van der Waals surface area contributed by atoms with Gasteiger partial charge in [0.1, 0.15) is 0 Å². The van der Waals surface area contributed by atoms with Crippen LogP contribution < -0.4 is 4.98 Å². The van der Waals surface area contributed by atoms with Gasteiger partial charge in [0.15, 0.2) is 0 Å². The van der Waals surface area contributed by atoms with E-state index in [1.807, 2.05) is 7.05 Å². The average Bonchev–Trinajstić information content (AvgIpc) is 1.99. The Bertz CT molecular complexity index is 93.8. The molecule has 1 N–H and O–H groups in total. The SMILES string of the molecule is CCC(C)C=C[SiH](Cl)NC. The first kappa shape index (κ1) is 10.2. The fraction of sp³-hybridized carbons (Fsp3) is 0.714. The zero-order valence-corrected chi connectivity index (χ0v) is 8.81. The van der Waals surface area contributed by atoms with Gasteiger partial charge < -0.3 is 4.98 Å². The van der Waals surface area contributed by atoms with Crippen LogP contribution >= 0.6 is 11.1 Å². The molecule has 0 rings (SSSR count). The van der Waals surface area contributed by atoms with Crippen LogP contribution in [0.15, 0.2) is 11.8 Å². The Balaban J connectivity index is 3.52. The lowest BCUT2D eigenvalue weighted by Gasteiger charge is -2.01. The van der Waals surface area contributed by atoms with Crippen LogP contribution in [-0.2, 0) is 0 Å². The van der Waals surface area contributed by atoms with Crippen LogP contribution in [0.25, 0.3) is 0 Å². The Morgan fingerprint density at radius 2 is 2.30 bits per heavy atom. The summed E-state index contributed by atoms with van der Waals surface area (Å²) in [6.07, 6.45) is 3.39. The molecule has 60 valence electrons. The van der Waals surface area contributed by atoms with Crippen molar-refractivity contribution in [1.82, 2.24) is 4.98 Å². The maximum Gasteiger partial charge on any atom is 0.234 e. The highest BCUT2D eigenvalue weighted by Gasteiger charge is 1.97. The highest BCUT2D eigenvalue weighted by molar-refractivity contribution is 7.08. The topological polar surface area (TPSA) is 12.0 Å². The summed E-state index contributed by atoms with van der Waals surface area (Å²) in [6.45, 7) is 4.38. The van der Waals surface area contributed by atoms with Crippen molar-refractivity contribution in [3.05, 3.63) is 11.8 Å². The van der Waals surface area contributed by atoms with Crippen LogP contribution in [0.3, 0.4) is 0 Å². The van der Waals surface area contributed by atoms with E-state index < -0.39 is 8.27 Å². The molecule has 0 aliphatic rings. The number of hydrogen-bond donors (Lipinski definition) is 1. The number of allylic oxidation sites excluding steroid dienone is 1.